The van der Waals surface area contributed by atoms with Gasteiger partial charge in [0.2, 0.25) is 5.91 Å². The molecule has 0 aliphatic carbocycles. The molecule has 3 heteroatoms. The molecule has 0 spiro atoms. The van der Waals surface area contributed by atoms with Crippen molar-refractivity contribution in [2.75, 3.05) is 12.3 Å². The molecular formula is C20H25NOS. The Bertz CT molecular complexity index is 605. The zero-order valence-corrected chi connectivity index (χ0v) is 14.8. The van der Waals surface area contributed by atoms with Crippen LogP contribution in [0.1, 0.15) is 28.7 Å². The van der Waals surface area contributed by atoms with E-state index in [1.54, 1.807) is 11.8 Å². The highest BCUT2D eigenvalue weighted by Crippen LogP contribution is 2.12. The Balaban J connectivity index is 1.56. The van der Waals surface area contributed by atoms with Crippen molar-refractivity contribution < 1.29 is 4.79 Å². The lowest BCUT2D eigenvalue weighted by molar-refractivity contribution is -0.118. The van der Waals surface area contributed by atoms with Crippen LogP contribution in [0.2, 0.25) is 0 Å². The van der Waals surface area contributed by atoms with Gasteiger partial charge in [0.05, 0.1) is 5.75 Å². The molecule has 0 fully saturated rings. The number of rotatable bonds is 8. The first-order chi connectivity index (χ1) is 11.1. The van der Waals surface area contributed by atoms with Crippen LogP contribution in [0.25, 0.3) is 0 Å². The van der Waals surface area contributed by atoms with Gasteiger partial charge in [0.25, 0.3) is 0 Å². The fraction of sp³-hybridized carbons (Fsp3) is 0.350. The van der Waals surface area contributed by atoms with Crippen molar-refractivity contribution in [3.8, 4) is 0 Å². The van der Waals surface area contributed by atoms with E-state index in [4.69, 9.17) is 0 Å². The van der Waals surface area contributed by atoms with E-state index in [-0.39, 0.29) is 5.91 Å². The van der Waals surface area contributed by atoms with E-state index in [9.17, 15) is 4.79 Å². The van der Waals surface area contributed by atoms with E-state index in [0.29, 0.717) is 5.75 Å². The first kappa shape index (κ1) is 17.6. The molecule has 0 unspecified atom stereocenters. The van der Waals surface area contributed by atoms with E-state index < -0.39 is 0 Å². The highest BCUT2D eigenvalue weighted by Gasteiger charge is 2.02. The second kappa shape index (κ2) is 9.41. The first-order valence-electron chi connectivity index (χ1n) is 8.09. The van der Waals surface area contributed by atoms with Crippen LogP contribution in [0.4, 0.5) is 0 Å². The molecule has 1 N–H and O–H groups in total. The van der Waals surface area contributed by atoms with Gasteiger partial charge in [0, 0.05) is 12.3 Å². The number of benzene rings is 2. The maximum absolute atomic E-state index is 11.8. The average Bonchev–Trinajstić information content (AvgIpc) is 2.55. The third-order valence-electron chi connectivity index (χ3n) is 3.71. The van der Waals surface area contributed by atoms with E-state index in [0.717, 1.165) is 25.1 Å². The van der Waals surface area contributed by atoms with E-state index in [1.165, 1.54) is 22.3 Å². The summed E-state index contributed by atoms with van der Waals surface area (Å²) in [5, 5.41) is 3.00. The van der Waals surface area contributed by atoms with Gasteiger partial charge in [-0.25, -0.2) is 0 Å². The normalized spacial score (nSPS) is 10.5. The zero-order valence-electron chi connectivity index (χ0n) is 14.0. The molecular weight excluding hydrogens is 302 g/mol. The van der Waals surface area contributed by atoms with Gasteiger partial charge in [-0.05, 0) is 37.8 Å². The number of nitrogens with one attached hydrogen (secondary N) is 1. The number of amides is 1. The number of carbonyl (C=O) groups is 1. The fourth-order valence-corrected chi connectivity index (χ4v) is 3.09. The summed E-state index contributed by atoms with van der Waals surface area (Å²) in [5.74, 6) is 1.54. The summed E-state index contributed by atoms with van der Waals surface area (Å²) in [6.07, 6.45) is 1.99. The molecule has 2 nitrogen and oxygen atoms in total. The van der Waals surface area contributed by atoms with Crippen LogP contribution in [0.15, 0.2) is 48.5 Å². The second-order valence-electron chi connectivity index (χ2n) is 5.92. The Morgan fingerprint density at radius 2 is 1.48 bits per heavy atom. The summed E-state index contributed by atoms with van der Waals surface area (Å²) in [4.78, 5) is 11.8. The Hall–Kier alpha value is -1.74. The molecule has 0 atom stereocenters. The summed E-state index contributed by atoms with van der Waals surface area (Å²) >= 11 is 1.66. The molecule has 2 aromatic rings. The Kier molecular flexibility index (Phi) is 7.21. The third-order valence-corrected chi connectivity index (χ3v) is 4.71. The van der Waals surface area contributed by atoms with Crippen LogP contribution in [0, 0.1) is 13.8 Å². The largest absolute Gasteiger partial charge is 0.355 e. The lowest BCUT2D eigenvalue weighted by Gasteiger charge is -2.06. The minimum absolute atomic E-state index is 0.131. The molecule has 0 aliphatic rings. The summed E-state index contributed by atoms with van der Waals surface area (Å²) in [6.45, 7) is 4.93. The predicted octanol–water partition coefficient (Wildman–Crippen LogP) is 4.29. The van der Waals surface area contributed by atoms with E-state index >= 15 is 0 Å². The molecule has 0 saturated heterocycles. The summed E-state index contributed by atoms with van der Waals surface area (Å²) in [6, 6.07) is 17.1. The van der Waals surface area contributed by atoms with Crippen molar-refractivity contribution in [3.63, 3.8) is 0 Å². The topological polar surface area (TPSA) is 29.1 Å². The van der Waals surface area contributed by atoms with E-state index in [1.807, 2.05) is 0 Å². The Morgan fingerprint density at radius 1 is 0.913 bits per heavy atom. The van der Waals surface area contributed by atoms with Gasteiger partial charge in [0.15, 0.2) is 0 Å². The second-order valence-corrected chi connectivity index (χ2v) is 6.90. The van der Waals surface area contributed by atoms with Gasteiger partial charge in [-0.15, -0.1) is 11.8 Å². The van der Waals surface area contributed by atoms with Crippen molar-refractivity contribution in [1.82, 2.24) is 5.32 Å². The van der Waals surface area contributed by atoms with Crippen molar-refractivity contribution >= 4 is 17.7 Å². The van der Waals surface area contributed by atoms with Crippen LogP contribution in [0.5, 0.6) is 0 Å². The van der Waals surface area contributed by atoms with Gasteiger partial charge in [-0.3, -0.25) is 4.79 Å². The minimum Gasteiger partial charge on any atom is -0.355 e. The highest BCUT2D eigenvalue weighted by atomic mass is 32.2. The summed E-state index contributed by atoms with van der Waals surface area (Å²) < 4.78 is 0. The molecule has 0 heterocycles. The van der Waals surface area contributed by atoms with E-state index in [2.05, 4.69) is 67.7 Å². The average molecular weight is 327 g/mol. The molecule has 2 rings (SSSR count). The van der Waals surface area contributed by atoms with Crippen LogP contribution in [0.3, 0.4) is 0 Å². The fourth-order valence-electron chi connectivity index (χ4n) is 2.27. The quantitative estimate of drug-likeness (QED) is 0.733. The van der Waals surface area contributed by atoms with Crippen molar-refractivity contribution in [3.05, 3.63) is 70.8 Å². The molecule has 0 aromatic heterocycles. The van der Waals surface area contributed by atoms with Gasteiger partial charge < -0.3 is 5.32 Å². The highest BCUT2D eigenvalue weighted by molar-refractivity contribution is 7.99. The van der Waals surface area contributed by atoms with Crippen molar-refractivity contribution in [2.24, 2.45) is 0 Å². The third kappa shape index (κ3) is 6.91. The lowest BCUT2D eigenvalue weighted by atomic mass is 10.1. The predicted molar refractivity (Wildman–Crippen MR) is 99.9 cm³/mol. The van der Waals surface area contributed by atoms with Crippen LogP contribution in [-0.4, -0.2) is 18.2 Å². The smallest absolute Gasteiger partial charge is 0.230 e. The van der Waals surface area contributed by atoms with Crippen LogP contribution >= 0.6 is 11.8 Å². The maximum atomic E-state index is 11.8. The molecule has 23 heavy (non-hydrogen) atoms. The Labute approximate surface area is 143 Å². The molecule has 0 bridgehead atoms. The molecule has 0 radical (unpaired) electrons. The number of carbonyl (C=O) groups excluding carboxylic acids is 1. The van der Waals surface area contributed by atoms with Gasteiger partial charge in [0.1, 0.15) is 0 Å². The standard InChI is InChI=1S/C20H25NOS/c1-16-5-9-18(10-6-16)4-3-13-21-20(22)15-23-14-19-11-7-17(2)8-12-19/h5-12H,3-4,13-15H2,1-2H3,(H,21,22). The Morgan fingerprint density at radius 3 is 2.09 bits per heavy atom. The molecule has 122 valence electrons. The molecule has 0 saturated carbocycles. The number of aryl methyl sites for hydroxylation is 3. The maximum Gasteiger partial charge on any atom is 0.230 e. The first-order valence-corrected chi connectivity index (χ1v) is 9.24. The van der Waals surface area contributed by atoms with Gasteiger partial charge in [-0.2, -0.15) is 0 Å². The number of hydrogen-bond donors (Lipinski definition) is 1. The summed E-state index contributed by atoms with van der Waals surface area (Å²) in [5.41, 5.74) is 5.16. The molecule has 2 aromatic carbocycles. The lowest BCUT2D eigenvalue weighted by Crippen LogP contribution is -2.26. The van der Waals surface area contributed by atoms with Crippen LogP contribution in [-0.2, 0) is 17.0 Å². The van der Waals surface area contributed by atoms with Crippen molar-refractivity contribution in [2.45, 2.75) is 32.4 Å². The minimum atomic E-state index is 0.131. The van der Waals surface area contributed by atoms with Gasteiger partial charge >= 0.3 is 0 Å². The molecule has 1 amide bonds. The SMILES string of the molecule is Cc1ccc(CCCNC(=O)CSCc2ccc(C)cc2)cc1. The van der Waals surface area contributed by atoms with Gasteiger partial charge in [-0.1, -0.05) is 59.7 Å². The van der Waals surface area contributed by atoms with Crippen LogP contribution < -0.4 is 5.32 Å². The summed E-state index contributed by atoms with van der Waals surface area (Å²) in [7, 11) is 0. The van der Waals surface area contributed by atoms with Crippen molar-refractivity contribution in [1.29, 1.82) is 0 Å². The zero-order chi connectivity index (χ0) is 16.5. The molecule has 0 aliphatic heterocycles. The monoisotopic (exact) mass is 327 g/mol. The number of hydrogen-bond acceptors (Lipinski definition) is 2. The number of thioether (sulfide) groups is 1.